The van der Waals surface area contributed by atoms with Crippen LogP contribution in [0, 0.1) is 5.92 Å². The highest BCUT2D eigenvalue weighted by atomic mass is 16.5. The number of carbonyl (C=O) groups excluding carboxylic acids is 3. The van der Waals surface area contributed by atoms with Crippen LogP contribution >= 0.6 is 0 Å². The molecule has 3 amide bonds. The first kappa shape index (κ1) is 22.3. The van der Waals surface area contributed by atoms with E-state index in [2.05, 4.69) is 10.6 Å². The van der Waals surface area contributed by atoms with E-state index in [1.165, 1.54) is 0 Å². The van der Waals surface area contributed by atoms with Gasteiger partial charge in [0.15, 0.2) is 0 Å². The largest absolute Gasteiger partial charge is 0.497 e. The van der Waals surface area contributed by atoms with E-state index in [4.69, 9.17) is 9.47 Å². The fraction of sp³-hybridized carbons (Fsp3) is 0.348. The summed E-state index contributed by atoms with van der Waals surface area (Å²) in [6.45, 7) is 2.63. The van der Waals surface area contributed by atoms with Gasteiger partial charge in [-0.2, -0.15) is 0 Å². The van der Waals surface area contributed by atoms with Crippen molar-refractivity contribution in [2.24, 2.45) is 5.92 Å². The van der Waals surface area contributed by atoms with Crippen molar-refractivity contribution in [1.82, 2.24) is 4.90 Å². The first-order valence-corrected chi connectivity index (χ1v) is 10.1. The number of anilines is 2. The minimum absolute atomic E-state index is 0.0739. The molecule has 8 heteroatoms. The molecule has 1 saturated heterocycles. The molecule has 1 aliphatic rings. The highest BCUT2D eigenvalue weighted by molar-refractivity contribution is 6.10. The van der Waals surface area contributed by atoms with Crippen LogP contribution in [0.4, 0.5) is 11.4 Å². The molecule has 2 aromatic rings. The number of nitrogens with one attached hydrogen (secondary N) is 2. The van der Waals surface area contributed by atoms with Crippen molar-refractivity contribution in [3.8, 4) is 5.75 Å². The van der Waals surface area contributed by atoms with Crippen LogP contribution in [0.15, 0.2) is 48.5 Å². The van der Waals surface area contributed by atoms with Crippen LogP contribution in [-0.4, -0.2) is 56.0 Å². The summed E-state index contributed by atoms with van der Waals surface area (Å²) in [6.07, 6.45) is 0.139. The molecule has 0 aromatic heterocycles. The molecule has 0 bridgehead atoms. The Hall–Kier alpha value is -3.39. The molecule has 3 rings (SSSR count). The molecule has 1 heterocycles. The van der Waals surface area contributed by atoms with Gasteiger partial charge in [0, 0.05) is 25.8 Å². The number of nitrogens with zero attached hydrogens (tertiary/aromatic N) is 1. The maximum absolute atomic E-state index is 12.8. The Morgan fingerprint density at radius 1 is 1.10 bits per heavy atom. The first-order valence-electron chi connectivity index (χ1n) is 10.1. The number of carbonyl (C=O) groups is 3. The number of benzene rings is 2. The van der Waals surface area contributed by atoms with Gasteiger partial charge in [0.25, 0.3) is 5.91 Å². The van der Waals surface area contributed by atoms with Crippen LogP contribution in [0.2, 0.25) is 0 Å². The normalized spacial score (nSPS) is 16.7. The fourth-order valence-electron chi connectivity index (χ4n) is 3.56. The third-order valence-electron chi connectivity index (χ3n) is 5.25. The summed E-state index contributed by atoms with van der Waals surface area (Å²) in [7, 11) is 3.15. The molecule has 0 saturated carbocycles. The Kier molecular flexibility index (Phi) is 7.25. The van der Waals surface area contributed by atoms with E-state index in [-0.39, 0.29) is 30.2 Å². The lowest BCUT2D eigenvalue weighted by atomic mass is 10.1. The highest BCUT2D eigenvalue weighted by Gasteiger charge is 2.36. The van der Waals surface area contributed by atoms with Crippen LogP contribution in [-0.2, 0) is 14.3 Å². The van der Waals surface area contributed by atoms with Gasteiger partial charge in [0.1, 0.15) is 5.75 Å². The quantitative estimate of drug-likeness (QED) is 0.678. The number of hydrogen-bond donors (Lipinski definition) is 2. The van der Waals surface area contributed by atoms with Crippen molar-refractivity contribution in [2.45, 2.75) is 19.4 Å². The molecule has 0 spiro atoms. The average Bonchev–Trinajstić information content (AvgIpc) is 3.16. The number of rotatable bonds is 8. The van der Waals surface area contributed by atoms with Crippen LogP contribution in [0.1, 0.15) is 23.7 Å². The topological polar surface area (TPSA) is 97.0 Å². The lowest BCUT2D eigenvalue weighted by Gasteiger charge is -2.24. The zero-order valence-electron chi connectivity index (χ0n) is 17.9. The van der Waals surface area contributed by atoms with Crippen molar-refractivity contribution < 1.29 is 23.9 Å². The number of likely N-dealkylation sites (tertiary alicyclic amines) is 1. The summed E-state index contributed by atoms with van der Waals surface area (Å²) in [5.41, 5.74) is 1.34. The van der Waals surface area contributed by atoms with E-state index in [1.54, 1.807) is 67.7 Å². The van der Waals surface area contributed by atoms with Gasteiger partial charge < -0.3 is 25.0 Å². The Morgan fingerprint density at radius 2 is 1.81 bits per heavy atom. The molecule has 2 aromatic carbocycles. The number of para-hydroxylation sites is 1. The highest BCUT2D eigenvalue weighted by Crippen LogP contribution is 2.24. The zero-order valence-corrected chi connectivity index (χ0v) is 17.9. The standard InChI is InChI=1S/C23H27N3O5/c1-15(14-30-2)26-13-16(12-21(26)27)22(28)25-20-7-5-4-6-19(20)23(29)24-17-8-10-18(31-3)11-9-17/h4-11,15-16H,12-14H2,1-3H3,(H,24,29)(H,25,28)/t15-,16-/m0/s1. The molecule has 2 atom stereocenters. The van der Waals surface area contributed by atoms with E-state index in [0.717, 1.165) is 0 Å². The van der Waals surface area contributed by atoms with Crippen molar-refractivity contribution in [3.05, 3.63) is 54.1 Å². The van der Waals surface area contributed by atoms with Crippen LogP contribution in [0.25, 0.3) is 0 Å². The minimum atomic E-state index is -0.482. The van der Waals surface area contributed by atoms with Gasteiger partial charge in [-0.15, -0.1) is 0 Å². The second-order valence-electron chi connectivity index (χ2n) is 7.47. The monoisotopic (exact) mass is 425 g/mol. The molecule has 0 unspecified atom stereocenters. The number of hydrogen-bond acceptors (Lipinski definition) is 5. The van der Waals surface area contributed by atoms with Gasteiger partial charge in [-0.05, 0) is 43.3 Å². The Bertz CT molecular complexity index is 944. The van der Waals surface area contributed by atoms with E-state index >= 15 is 0 Å². The van der Waals surface area contributed by atoms with Crippen LogP contribution in [0.5, 0.6) is 5.75 Å². The Balaban J connectivity index is 1.68. The van der Waals surface area contributed by atoms with Crippen molar-refractivity contribution >= 4 is 29.1 Å². The molecule has 0 radical (unpaired) electrons. The second kappa shape index (κ2) is 10.1. The minimum Gasteiger partial charge on any atom is -0.497 e. The molecular formula is C23H27N3O5. The summed E-state index contributed by atoms with van der Waals surface area (Å²) in [4.78, 5) is 39.6. The van der Waals surface area contributed by atoms with Gasteiger partial charge in [0.2, 0.25) is 11.8 Å². The number of amides is 3. The van der Waals surface area contributed by atoms with Gasteiger partial charge in [-0.3, -0.25) is 14.4 Å². The SMILES string of the molecule is COC[C@H](C)N1C[C@@H](C(=O)Nc2ccccc2C(=O)Nc2ccc(OC)cc2)CC1=O. The molecule has 164 valence electrons. The van der Waals surface area contributed by atoms with E-state index in [0.29, 0.717) is 35.8 Å². The van der Waals surface area contributed by atoms with Crippen molar-refractivity contribution in [1.29, 1.82) is 0 Å². The predicted molar refractivity (Wildman–Crippen MR) is 117 cm³/mol. The Labute approximate surface area is 181 Å². The van der Waals surface area contributed by atoms with Crippen molar-refractivity contribution in [3.63, 3.8) is 0 Å². The zero-order chi connectivity index (χ0) is 22.4. The van der Waals surface area contributed by atoms with E-state index < -0.39 is 5.92 Å². The van der Waals surface area contributed by atoms with E-state index in [9.17, 15) is 14.4 Å². The van der Waals surface area contributed by atoms with Gasteiger partial charge in [-0.1, -0.05) is 12.1 Å². The van der Waals surface area contributed by atoms with E-state index in [1.807, 2.05) is 6.92 Å². The van der Waals surface area contributed by atoms with Crippen LogP contribution < -0.4 is 15.4 Å². The van der Waals surface area contributed by atoms with Gasteiger partial charge >= 0.3 is 0 Å². The predicted octanol–water partition coefficient (Wildman–Crippen LogP) is 2.77. The molecule has 8 nitrogen and oxygen atoms in total. The fourth-order valence-corrected chi connectivity index (χ4v) is 3.56. The van der Waals surface area contributed by atoms with Gasteiger partial charge in [0.05, 0.1) is 36.9 Å². The third-order valence-corrected chi connectivity index (χ3v) is 5.25. The molecule has 0 aliphatic carbocycles. The average molecular weight is 425 g/mol. The smallest absolute Gasteiger partial charge is 0.257 e. The summed E-state index contributed by atoms with van der Waals surface area (Å²) in [6, 6.07) is 13.6. The number of methoxy groups -OCH3 is 2. The maximum atomic E-state index is 12.8. The summed E-state index contributed by atoms with van der Waals surface area (Å²) >= 11 is 0. The third kappa shape index (κ3) is 5.40. The summed E-state index contributed by atoms with van der Waals surface area (Å²) in [5, 5.41) is 5.63. The molecule has 2 N–H and O–H groups in total. The lowest BCUT2D eigenvalue weighted by molar-refractivity contribution is -0.130. The second-order valence-corrected chi connectivity index (χ2v) is 7.47. The van der Waals surface area contributed by atoms with Crippen molar-refractivity contribution in [2.75, 3.05) is 38.0 Å². The molecule has 1 aliphatic heterocycles. The molecular weight excluding hydrogens is 398 g/mol. The lowest BCUT2D eigenvalue weighted by Crippen LogP contribution is -2.38. The first-order chi connectivity index (χ1) is 14.9. The van der Waals surface area contributed by atoms with Crippen LogP contribution in [0.3, 0.4) is 0 Å². The molecule has 31 heavy (non-hydrogen) atoms. The van der Waals surface area contributed by atoms with Gasteiger partial charge in [-0.25, -0.2) is 0 Å². The maximum Gasteiger partial charge on any atom is 0.257 e. The Morgan fingerprint density at radius 3 is 2.48 bits per heavy atom. The molecule has 1 fully saturated rings. The summed E-state index contributed by atoms with van der Waals surface area (Å²) in [5.74, 6) is -0.505. The summed E-state index contributed by atoms with van der Waals surface area (Å²) < 4.78 is 10.2. The number of ether oxygens (including phenoxy) is 2.